The van der Waals surface area contributed by atoms with Crippen molar-refractivity contribution in [3.8, 4) is 0 Å². The van der Waals surface area contributed by atoms with Gasteiger partial charge in [0.25, 0.3) is 0 Å². The summed E-state index contributed by atoms with van der Waals surface area (Å²) in [6.45, 7) is 0. The van der Waals surface area contributed by atoms with Crippen LogP contribution in [0.15, 0.2) is 0 Å². The average Bonchev–Trinajstić information content (AvgIpc) is 1.82. The molecule has 0 aromatic carbocycles. The van der Waals surface area contributed by atoms with Gasteiger partial charge in [-0.25, -0.2) is 4.79 Å². The molecule has 0 saturated carbocycles. The van der Waals surface area contributed by atoms with Crippen LogP contribution < -0.4 is 0 Å². The topological polar surface area (TPSA) is 195 Å². The quantitative estimate of drug-likeness (QED) is 0.367. The average molecular weight is 251 g/mol. The number of aliphatic hydroxyl groups is 1. The van der Waals surface area contributed by atoms with Crippen molar-refractivity contribution in [2.45, 2.75) is 18.4 Å². The van der Waals surface area contributed by atoms with E-state index < -0.39 is 36.4 Å². The molecule has 0 aliphatic rings. The van der Waals surface area contributed by atoms with Gasteiger partial charge >= 0.3 is 17.9 Å². The maximum Gasteiger partial charge on any atom is 0.336 e. The summed E-state index contributed by atoms with van der Waals surface area (Å²) in [6, 6.07) is 0. The largest absolute Gasteiger partial charge is 0.481 e. The van der Waals surface area contributed by atoms with E-state index in [4.69, 9.17) is 20.4 Å². The molecule has 0 amide bonds. The Labute approximate surface area is 112 Å². The zero-order valence-electron chi connectivity index (χ0n) is 8.43. The Balaban J connectivity index is -0.000000240. The number of aliphatic carboxylic acids is 3. The zero-order valence-corrected chi connectivity index (χ0v) is 10.4. The molecule has 9 nitrogen and oxygen atoms in total. The van der Waals surface area contributed by atoms with E-state index in [2.05, 4.69) is 0 Å². The van der Waals surface area contributed by atoms with Crippen molar-refractivity contribution in [2.75, 3.05) is 0 Å². The Morgan fingerprint density at radius 2 is 1.12 bits per heavy atom. The standard InChI is InChI=1S/C6H8O7.Na.2H2O/c7-3(8)1-6(13,5(11)12)2-4(9)10;;;/h13H,1-2H2,(H,7,8)(H,9,10)(H,11,12);;2*1H2. The van der Waals surface area contributed by atoms with E-state index in [1.807, 2.05) is 0 Å². The normalized spacial score (nSPS) is 8.81. The number of carbonyl (C=O) groups is 3. The van der Waals surface area contributed by atoms with Crippen LogP contribution in [0.4, 0.5) is 0 Å². The molecule has 0 aromatic heterocycles. The van der Waals surface area contributed by atoms with Crippen LogP contribution in [0.25, 0.3) is 0 Å². The van der Waals surface area contributed by atoms with Gasteiger partial charge in [0.2, 0.25) is 0 Å². The smallest absolute Gasteiger partial charge is 0.336 e. The minimum atomic E-state index is -2.74. The van der Waals surface area contributed by atoms with Crippen LogP contribution in [-0.2, 0) is 14.4 Å². The first-order valence-electron chi connectivity index (χ1n) is 3.17. The van der Waals surface area contributed by atoms with E-state index in [0.717, 1.165) is 0 Å². The zero-order chi connectivity index (χ0) is 10.6. The van der Waals surface area contributed by atoms with E-state index in [1.165, 1.54) is 0 Å². The predicted molar refractivity (Wildman–Crippen MR) is 50.1 cm³/mol. The van der Waals surface area contributed by atoms with Crippen LogP contribution in [0.1, 0.15) is 12.8 Å². The molecule has 0 atom stereocenters. The van der Waals surface area contributed by atoms with E-state index in [9.17, 15) is 14.4 Å². The first-order valence-corrected chi connectivity index (χ1v) is 3.17. The van der Waals surface area contributed by atoms with E-state index in [-0.39, 0.29) is 40.5 Å². The summed E-state index contributed by atoms with van der Waals surface area (Å²) >= 11 is 0. The number of hydrogen-bond donors (Lipinski definition) is 4. The summed E-state index contributed by atoms with van der Waals surface area (Å²) in [5.41, 5.74) is -2.74. The van der Waals surface area contributed by atoms with Gasteiger partial charge in [-0.3, -0.25) is 9.59 Å². The third-order valence-electron chi connectivity index (χ3n) is 1.29. The van der Waals surface area contributed by atoms with Crippen molar-refractivity contribution < 1.29 is 45.8 Å². The molecule has 0 aliphatic heterocycles. The van der Waals surface area contributed by atoms with E-state index in [0.29, 0.717) is 0 Å². The summed E-state index contributed by atoms with van der Waals surface area (Å²) < 4.78 is 0. The Bertz CT molecular complexity index is 234. The fraction of sp³-hybridized carbons (Fsp3) is 0.500. The molecule has 0 fully saturated rings. The molecular formula is C6H12NaO9. The molecule has 0 saturated heterocycles. The van der Waals surface area contributed by atoms with Crippen molar-refractivity contribution in [3.63, 3.8) is 0 Å². The van der Waals surface area contributed by atoms with Gasteiger partial charge in [-0.05, 0) is 0 Å². The molecule has 0 bridgehead atoms. The second-order valence-corrected chi connectivity index (χ2v) is 2.48. The van der Waals surface area contributed by atoms with Crippen LogP contribution in [0.2, 0.25) is 0 Å². The Morgan fingerprint density at radius 1 is 0.875 bits per heavy atom. The van der Waals surface area contributed by atoms with Crippen molar-refractivity contribution in [1.82, 2.24) is 0 Å². The molecule has 0 aliphatic carbocycles. The number of hydrogen-bond acceptors (Lipinski definition) is 4. The van der Waals surface area contributed by atoms with Crippen LogP contribution in [0.3, 0.4) is 0 Å². The SMILES string of the molecule is O.O.O=C(O)CC(O)(CC(=O)O)C(=O)O.[Na]. The summed E-state index contributed by atoms with van der Waals surface area (Å²) in [5.74, 6) is -5.02. The molecular weight excluding hydrogens is 239 g/mol. The molecule has 0 rings (SSSR count). The third-order valence-corrected chi connectivity index (χ3v) is 1.29. The van der Waals surface area contributed by atoms with Crippen LogP contribution in [0, 0.1) is 0 Å². The molecule has 0 aromatic rings. The van der Waals surface area contributed by atoms with Crippen LogP contribution in [-0.4, -0.2) is 84.4 Å². The number of carboxylic acid groups (broad SMARTS) is 3. The summed E-state index contributed by atoms with van der Waals surface area (Å²) in [5, 5.41) is 33.8. The van der Waals surface area contributed by atoms with E-state index in [1.54, 1.807) is 0 Å². The van der Waals surface area contributed by atoms with Gasteiger partial charge in [-0.1, -0.05) is 0 Å². The summed E-state index contributed by atoms with van der Waals surface area (Å²) in [4.78, 5) is 30.5. The summed E-state index contributed by atoms with van der Waals surface area (Å²) in [7, 11) is 0. The van der Waals surface area contributed by atoms with Crippen molar-refractivity contribution in [2.24, 2.45) is 0 Å². The molecule has 0 unspecified atom stereocenters. The van der Waals surface area contributed by atoms with Gasteiger partial charge in [0, 0.05) is 29.6 Å². The van der Waals surface area contributed by atoms with Gasteiger partial charge < -0.3 is 31.4 Å². The van der Waals surface area contributed by atoms with Crippen molar-refractivity contribution >= 4 is 47.5 Å². The van der Waals surface area contributed by atoms with Crippen LogP contribution >= 0.6 is 0 Å². The predicted octanol–water partition coefficient (Wildman–Crippen LogP) is -3.28. The monoisotopic (exact) mass is 251 g/mol. The first kappa shape index (κ1) is 24.5. The number of rotatable bonds is 5. The maximum absolute atomic E-state index is 10.3. The van der Waals surface area contributed by atoms with Gasteiger partial charge in [0.15, 0.2) is 5.60 Å². The third kappa shape index (κ3) is 8.59. The van der Waals surface area contributed by atoms with Gasteiger partial charge in [-0.2, -0.15) is 0 Å². The molecule has 16 heavy (non-hydrogen) atoms. The minimum absolute atomic E-state index is 0. The number of carboxylic acids is 3. The van der Waals surface area contributed by atoms with Gasteiger partial charge in [0.1, 0.15) is 0 Å². The van der Waals surface area contributed by atoms with E-state index >= 15 is 0 Å². The second-order valence-electron chi connectivity index (χ2n) is 2.48. The Morgan fingerprint density at radius 3 is 1.25 bits per heavy atom. The molecule has 1 radical (unpaired) electrons. The van der Waals surface area contributed by atoms with Crippen molar-refractivity contribution in [1.29, 1.82) is 0 Å². The first-order chi connectivity index (χ1) is 5.78. The summed E-state index contributed by atoms with van der Waals surface area (Å²) in [6.07, 6.45) is -2.29. The molecule has 10 heteroatoms. The fourth-order valence-corrected chi connectivity index (χ4v) is 0.714. The maximum atomic E-state index is 10.3. The van der Waals surface area contributed by atoms with Crippen LogP contribution in [0.5, 0.6) is 0 Å². The molecule has 91 valence electrons. The fourth-order valence-electron chi connectivity index (χ4n) is 0.714. The van der Waals surface area contributed by atoms with Gasteiger partial charge in [0.05, 0.1) is 12.8 Å². The second kappa shape index (κ2) is 9.51. The molecule has 0 heterocycles. The molecule has 8 N–H and O–H groups in total. The Kier molecular flexibility index (Phi) is 14.6. The Hall–Kier alpha value is -0.710. The minimum Gasteiger partial charge on any atom is -0.481 e. The van der Waals surface area contributed by atoms with Crippen molar-refractivity contribution in [3.05, 3.63) is 0 Å². The molecule has 0 spiro atoms. The van der Waals surface area contributed by atoms with Gasteiger partial charge in [-0.15, -0.1) is 0 Å².